The number of nitrogens with one attached hydrogen (secondary N) is 1. The Bertz CT molecular complexity index is 383. The summed E-state index contributed by atoms with van der Waals surface area (Å²) in [6, 6.07) is 0.483. The predicted molar refractivity (Wildman–Crippen MR) is 75.5 cm³/mol. The highest BCUT2D eigenvalue weighted by atomic mass is 15.3. The van der Waals surface area contributed by atoms with E-state index in [-0.39, 0.29) is 0 Å². The molecular weight excluding hydrogens is 222 g/mol. The molecule has 1 fully saturated rings. The average molecular weight is 249 g/mol. The zero-order chi connectivity index (χ0) is 13.1. The van der Waals surface area contributed by atoms with Crippen LogP contribution in [0.25, 0.3) is 0 Å². The molecule has 3 unspecified atom stereocenters. The van der Waals surface area contributed by atoms with E-state index in [0.717, 1.165) is 18.3 Å². The fraction of sp³-hybridized carbons (Fsp3) is 0.800. The first-order valence-corrected chi connectivity index (χ1v) is 7.35. The van der Waals surface area contributed by atoms with Crippen molar-refractivity contribution in [2.45, 2.75) is 52.0 Å². The zero-order valence-electron chi connectivity index (χ0n) is 12.2. The van der Waals surface area contributed by atoms with Crippen LogP contribution in [0, 0.1) is 11.8 Å². The maximum atomic E-state index is 4.59. The fourth-order valence-electron chi connectivity index (χ4n) is 3.52. The molecule has 18 heavy (non-hydrogen) atoms. The smallest absolute Gasteiger partial charge is 0.0669 e. The highest BCUT2D eigenvalue weighted by Crippen LogP contribution is 2.37. The van der Waals surface area contributed by atoms with Gasteiger partial charge >= 0.3 is 0 Å². The van der Waals surface area contributed by atoms with Gasteiger partial charge in [0.1, 0.15) is 0 Å². The van der Waals surface area contributed by atoms with Crippen LogP contribution < -0.4 is 5.32 Å². The van der Waals surface area contributed by atoms with Crippen LogP contribution in [0.15, 0.2) is 6.20 Å². The lowest BCUT2D eigenvalue weighted by atomic mass is 9.76. The number of aromatic nitrogens is 2. The van der Waals surface area contributed by atoms with Gasteiger partial charge in [-0.1, -0.05) is 26.7 Å². The standard InChI is InChI=1S/C15H27N3/c1-5-14-13(10-18(4)17-14)15(16-3)12-8-6-7-11(2)9-12/h10-12,15-16H,5-9H2,1-4H3. The molecule has 0 saturated heterocycles. The van der Waals surface area contributed by atoms with Crippen LogP contribution in [0.1, 0.15) is 56.8 Å². The summed E-state index contributed by atoms with van der Waals surface area (Å²) in [5.41, 5.74) is 2.68. The predicted octanol–water partition coefficient (Wildman–Crippen LogP) is 3.07. The van der Waals surface area contributed by atoms with E-state index in [0.29, 0.717) is 6.04 Å². The first-order chi connectivity index (χ1) is 8.65. The van der Waals surface area contributed by atoms with Crippen LogP contribution in [-0.4, -0.2) is 16.8 Å². The summed E-state index contributed by atoms with van der Waals surface area (Å²) in [7, 11) is 4.12. The largest absolute Gasteiger partial charge is 0.313 e. The summed E-state index contributed by atoms with van der Waals surface area (Å²) in [6.07, 6.45) is 8.72. The third kappa shape index (κ3) is 2.77. The SMILES string of the molecule is CCc1nn(C)cc1C(NC)C1CCCC(C)C1. The molecule has 3 nitrogen and oxygen atoms in total. The summed E-state index contributed by atoms with van der Waals surface area (Å²) in [4.78, 5) is 0. The van der Waals surface area contributed by atoms with Crippen molar-refractivity contribution in [1.82, 2.24) is 15.1 Å². The van der Waals surface area contributed by atoms with Gasteiger partial charge < -0.3 is 5.32 Å². The van der Waals surface area contributed by atoms with Gasteiger partial charge in [-0.2, -0.15) is 5.10 Å². The number of hydrogen-bond acceptors (Lipinski definition) is 2. The van der Waals surface area contributed by atoms with Gasteiger partial charge in [-0.05, 0) is 38.1 Å². The van der Waals surface area contributed by atoms with E-state index in [1.807, 2.05) is 11.7 Å². The Morgan fingerprint density at radius 3 is 2.89 bits per heavy atom. The van der Waals surface area contributed by atoms with Crippen molar-refractivity contribution in [1.29, 1.82) is 0 Å². The molecule has 1 aliphatic carbocycles. The van der Waals surface area contributed by atoms with Crippen molar-refractivity contribution < 1.29 is 0 Å². The second-order valence-electron chi connectivity index (χ2n) is 5.86. The van der Waals surface area contributed by atoms with Gasteiger partial charge in [0.2, 0.25) is 0 Å². The topological polar surface area (TPSA) is 29.9 Å². The quantitative estimate of drug-likeness (QED) is 0.888. The van der Waals surface area contributed by atoms with Gasteiger partial charge in [0.15, 0.2) is 0 Å². The summed E-state index contributed by atoms with van der Waals surface area (Å²) < 4.78 is 1.96. The molecule has 0 amide bonds. The van der Waals surface area contributed by atoms with Crippen LogP contribution in [0.2, 0.25) is 0 Å². The van der Waals surface area contributed by atoms with Gasteiger partial charge in [-0.15, -0.1) is 0 Å². The van der Waals surface area contributed by atoms with Crippen LogP contribution in [-0.2, 0) is 13.5 Å². The van der Waals surface area contributed by atoms with E-state index in [9.17, 15) is 0 Å². The molecule has 1 aliphatic rings. The van der Waals surface area contributed by atoms with Crippen molar-refractivity contribution in [2.75, 3.05) is 7.05 Å². The molecule has 2 rings (SSSR count). The molecule has 1 aromatic heterocycles. The van der Waals surface area contributed by atoms with E-state index in [2.05, 4.69) is 37.5 Å². The normalized spacial score (nSPS) is 26.2. The number of hydrogen-bond donors (Lipinski definition) is 1. The van der Waals surface area contributed by atoms with Crippen LogP contribution >= 0.6 is 0 Å². The zero-order valence-corrected chi connectivity index (χ0v) is 12.2. The van der Waals surface area contributed by atoms with E-state index >= 15 is 0 Å². The summed E-state index contributed by atoms with van der Waals surface area (Å²) in [5.74, 6) is 1.65. The van der Waals surface area contributed by atoms with Crippen LogP contribution in [0.3, 0.4) is 0 Å². The van der Waals surface area contributed by atoms with Crippen LogP contribution in [0.4, 0.5) is 0 Å². The first kappa shape index (κ1) is 13.6. The Morgan fingerprint density at radius 2 is 2.28 bits per heavy atom. The lowest BCUT2D eigenvalue weighted by molar-refractivity contribution is 0.229. The Kier molecular flexibility index (Phi) is 4.44. The van der Waals surface area contributed by atoms with Crippen molar-refractivity contribution in [3.8, 4) is 0 Å². The third-order valence-corrected chi connectivity index (χ3v) is 4.37. The Balaban J connectivity index is 2.21. The Labute approximate surface area is 111 Å². The number of rotatable bonds is 4. The second-order valence-corrected chi connectivity index (χ2v) is 5.86. The lowest BCUT2D eigenvalue weighted by Crippen LogP contribution is -2.29. The maximum absolute atomic E-state index is 4.59. The van der Waals surface area contributed by atoms with Crippen molar-refractivity contribution >= 4 is 0 Å². The van der Waals surface area contributed by atoms with Crippen LogP contribution in [0.5, 0.6) is 0 Å². The molecule has 102 valence electrons. The van der Waals surface area contributed by atoms with E-state index < -0.39 is 0 Å². The molecule has 3 atom stereocenters. The Morgan fingerprint density at radius 1 is 1.50 bits per heavy atom. The van der Waals surface area contributed by atoms with Gasteiger partial charge in [-0.3, -0.25) is 4.68 Å². The van der Waals surface area contributed by atoms with Crippen molar-refractivity contribution in [3.05, 3.63) is 17.5 Å². The summed E-state index contributed by atoms with van der Waals surface area (Å²) in [5, 5.41) is 8.13. The summed E-state index contributed by atoms with van der Waals surface area (Å²) >= 11 is 0. The van der Waals surface area contributed by atoms with Gasteiger partial charge in [0.05, 0.1) is 5.69 Å². The summed E-state index contributed by atoms with van der Waals surface area (Å²) in [6.45, 7) is 4.59. The molecule has 1 N–H and O–H groups in total. The van der Waals surface area contributed by atoms with E-state index in [4.69, 9.17) is 0 Å². The lowest BCUT2D eigenvalue weighted by Gasteiger charge is -2.33. The highest BCUT2D eigenvalue weighted by Gasteiger charge is 2.29. The molecule has 0 aliphatic heterocycles. The minimum atomic E-state index is 0.483. The van der Waals surface area contributed by atoms with Crippen molar-refractivity contribution in [2.24, 2.45) is 18.9 Å². The maximum Gasteiger partial charge on any atom is 0.0669 e. The molecule has 0 bridgehead atoms. The van der Waals surface area contributed by atoms with E-state index in [1.165, 1.54) is 36.9 Å². The molecule has 1 heterocycles. The fourth-order valence-corrected chi connectivity index (χ4v) is 3.52. The molecular formula is C15H27N3. The Hall–Kier alpha value is -0.830. The first-order valence-electron chi connectivity index (χ1n) is 7.35. The molecule has 1 aromatic rings. The van der Waals surface area contributed by atoms with Crippen molar-refractivity contribution in [3.63, 3.8) is 0 Å². The number of aryl methyl sites for hydroxylation is 2. The highest BCUT2D eigenvalue weighted by molar-refractivity contribution is 5.22. The minimum absolute atomic E-state index is 0.483. The monoisotopic (exact) mass is 249 g/mol. The molecule has 0 aromatic carbocycles. The average Bonchev–Trinajstić information content (AvgIpc) is 2.71. The molecule has 0 radical (unpaired) electrons. The van der Waals surface area contributed by atoms with E-state index in [1.54, 1.807) is 0 Å². The molecule has 0 spiro atoms. The van der Waals surface area contributed by atoms with Gasteiger partial charge in [0.25, 0.3) is 0 Å². The molecule has 1 saturated carbocycles. The van der Waals surface area contributed by atoms with Gasteiger partial charge in [-0.25, -0.2) is 0 Å². The second kappa shape index (κ2) is 5.87. The third-order valence-electron chi connectivity index (χ3n) is 4.37. The van der Waals surface area contributed by atoms with Gasteiger partial charge in [0, 0.05) is 24.8 Å². The molecule has 3 heteroatoms. The number of nitrogens with zero attached hydrogens (tertiary/aromatic N) is 2. The minimum Gasteiger partial charge on any atom is -0.313 e.